The summed E-state index contributed by atoms with van der Waals surface area (Å²) in [7, 11) is 1.41. The Hall–Kier alpha value is -2.80. The highest BCUT2D eigenvalue weighted by molar-refractivity contribution is 6.42. The molecule has 0 unspecified atom stereocenters. The fourth-order valence-electron chi connectivity index (χ4n) is 3.26. The molecule has 10 nitrogen and oxygen atoms in total. The Kier molecular flexibility index (Phi) is 12.2. The average Bonchev–Trinajstić information content (AvgIpc) is 2.89. The Labute approximate surface area is 229 Å². The van der Waals surface area contributed by atoms with Gasteiger partial charge < -0.3 is 34.3 Å². The number of rotatable bonds is 16. The number of carbonyl (C=O) groups is 1. The number of aromatic nitrogens is 2. The molecule has 0 spiro atoms. The molecule has 0 fully saturated rings. The van der Waals surface area contributed by atoms with Gasteiger partial charge in [0.2, 0.25) is 5.91 Å². The van der Waals surface area contributed by atoms with Crippen LogP contribution in [-0.2, 0) is 23.7 Å². The van der Waals surface area contributed by atoms with Gasteiger partial charge >= 0.3 is 0 Å². The topological polar surface area (TPSA) is 113 Å². The molecule has 0 saturated heterocycles. The van der Waals surface area contributed by atoms with Gasteiger partial charge in [0.05, 0.1) is 60.0 Å². The van der Waals surface area contributed by atoms with Crippen LogP contribution in [0, 0.1) is 5.82 Å². The van der Waals surface area contributed by atoms with Gasteiger partial charge in [0.1, 0.15) is 36.9 Å². The van der Waals surface area contributed by atoms with Crippen LogP contribution < -0.4 is 15.4 Å². The quantitative estimate of drug-likeness (QED) is 0.184. The third-order valence-electron chi connectivity index (χ3n) is 4.98. The molecule has 0 bridgehead atoms. The molecule has 206 valence electrons. The van der Waals surface area contributed by atoms with Crippen LogP contribution in [0.3, 0.4) is 0 Å². The van der Waals surface area contributed by atoms with Gasteiger partial charge in [-0.2, -0.15) is 0 Å². The number of halogens is 3. The van der Waals surface area contributed by atoms with Crippen molar-refractivity contribution in [3.63, 3.8) is 0 Å². The molecule has 0 radical (unpaired) electrons. The van der Waals surface area contributed by atoms with E-state index in [9.17, 15) is 9.18 Å². The Balaban J connectivity index is 1.73. The zero-order chi connectivity index (χ0) is 27.3. The molecular weight excluding hydrogens is 542 g/mol. The third-order valence-corrected chi connectivity index (χ3v) is 5.70. The summed E-state index contributed by atoms with van der Waals surface area (Å²) in [6.45, 7) is 4.82. The summed E-state index contributed by atoms with van der Waals surface area (Å²) in [6.07, 6.45) is 1.32. The summed E-state index contributed by atoms with van der Waals surface area (Å²) >= 11 is 11.9. The molecule has 3 aromatic rings. The van der Waals surface area contributed by atoms with Crippen LogP contribution in [0.1, 0.15) is 6.92 Å². The second kappa shape index (κ2) is 15.6. The lowest BCUT2D eigenvalue weighted by Crippen LogP contribution is -2.18. The number of fused-ring (bicyclic) bond motifs is 1. The third kappa shape index (κ3) is 8.90. The molecule has 1 amide bonds. The first-order valence-corrected chi connectivity index (χ1v) is 12.5. The first kappa shape index (κ1) is 29.8. The molecule has 38 heavy (non-hydrogen) atoms. The van der Waals surface area contributed by atoms with Crippen LogP contribution in [-0.4, -0.2) is 75.8 Å². The fourth-order valence-corrected chi connectivity index (χ4v) is 3.57. The molecule has 2 N–H and O–H groups in total. The highest BCUT2D eigenvalue weighted by Crippen LogP contribution is 2.35. The van der Waals surface area contributed by atoms with Gasteiger partial charge in [-0.25, -0.2) is 14.4 Å². The maximum Gasteiger partial charge on any atom is 0.250 e. The van der Waals surface area contributed by atoms with Crippen LogP contribution in [0.2, 0.25) is 10.0 Å². The summed E-state index contributed by atoms with van der Waals surface area (Å²) in [5, 5.41) is 6.42. The molecule has 13 heteroatoms. The summed E-state index contributed by atoms with van der Waals surface area (Å²) in [4.78, 5) is 20.8. The number of hydrogen-bond acceptors (Lipinski definition) is 9. The first-order chi connectivity index (χ1) is 18.4. The second-order valence-electron chi connectivity index (χ2n) is 7.71. The van der Waals surface area contributed by atoms with Crippen molar-refractivity contribution < 1.29 is 32.9 Å². The maximum atomic E-state index is 14.5. The minimum absolute atomic E-state index is 0.0729. The summed E-state index contributed by atoms with van der Waals surface area (Å²) in [6, 6.07) is 5.73. The van der Waals surface area contributed by atoms with Crippen molar-refractivity contribution in [1.29, 1.82) is 0 Å². The van der Waals surface area contributed by atoms with E-state index in [0.717, 1.165) is 6.07 Å². The van der Waals surface area contributed by atoms with E-state index in [1.54, 1.807) is 12.1 Å². The van der Waals surface area contributed by atoms with Gasteiger partial charge in [-0.15, -0.1) is 0 Å². The largest absolute Gasteiger partial charge is 0.489 e. The lowest BCUT2D eigenvalue weighted by atomic mass is 10.1. The molecule has 0 aliphatic rings. The van der Waals surface area contributed by atoms with Crippen LogP contribution in [0.5, 0.6) is 5.75 Å². The Morgan fingerprint density at radius 3 is 2.32 bits per heavy atom. The van der Waals surface area contributed by atoms with E-state index >= 15 is 0 Å². The lowest BCUT2D eigenvalue weighted by Gasteiger charge is -2.16. The van der Waals surface area contributed by atoms with Crippen molar-refractivity contribution in [1.82, 2.24) is 9.97 Å². The summed E-state index contributed by atoms with van der Waals surface area (Å²) < 4.78 is 41.4. The Morgan fingerprint density at radius 2 is 1.61 bits per heavy atom. The van der Waals surface area contributed by atoms with E-state index in [4.69, 9.17) is 46.9 Å². The highest BCUT2D eigenvalue weighted by Gasteiger charge is 2.15. The van der Waals surface area contributed by atoms with Gasteiger partial charge in [-0.05, 0) is 25.1 Å². The number of methoxy groups -OCH3 is 1. The SMILES string of the molecule is CCOCCOCCOCCOc1cc2ncnc(Nc3cc(Cl)c(Cl)cc3F)c2cc1NC(=O)COC. The minimum Gasteiger partial charge on any atom is -0.489 e. The molecule has 1 heterocycles. The number of benzene rings is 2. The van der Waals surface area contributed by atoms with E-state index < -0.39 is 5.82 Å². The number of anilines is 3. The van der Waals surface area contributed by atoms with E-state index in [2.05, 4.69) is 20.6 Å². The van der Waals surface area contributed by atoms with Gasteiger partial charge in [0, 0.05) is 25.2 Å². The predicted octanol–water partition coefficient (Wildman–Crippen LogP) is 4.85. The average molecular weight is 571 g/mol. The fraction of sp³-hybridized carbons (Fsp3) is 0.400. The number of ether oxygens (including phenoxy) is 5. The monoisotopic (exact) mass is 570 g/mol. The summed E-state index contributed by atoms with van der Waals surface area (Å²) in [5.41, 5.74) is 0.918. The van der Waals surface area contributed by atoms with E-state index in [-0.39, 0.29) is 40.7 Å². The minimum atomic E-state index is -0.612. The number of nitrogens with zero attached hydrogens (tertiary/aromatic N) is 2. The molecule has 0 saturated carbocycles. The van der Waals surface area contributed by atoms with Crippen LogP contribution >= 0.6 is 23.2 Å². The van der Waals surface area contributed by atoms with Crippen molar-refractivity contribution >= 4 is 57.2 Å². The smallest absolute Gasteiger partial charge is 0.250 e. The summed E-state index contributed by atoms with van der Waals surface area (Å²) in [5.74, 6) is -0.351. The van der Waals surface area contributed by atoms with Crippen molar-refractivity contribution in [3.8, 4) is 5.75 Å². The van der Waals surface area contributed by atoms with Crippen LogP contribution in [0.25, 0.3) is 10.9 Å². The van der Waals surface area contributed by atoms with Crippen LogP contribution in [0.15, 0.2) is 30.6 Å². The molecule has 0 atom stereocenters. The number of hydrogen-bond donors (Lipinski definition) is 2. The van der Waals surface area contributed by atoms with Gasteiger partial charge in [0.25, 0.3) is 0 Å². The van der Waals surface area contributed by atoms with E-state index in [0.29, 0.717) is 62.0 Å². The van der Waals surface area contributed by atoms with Crippen molar-refractivity contribution in [2.45, 2.75) is 6.92 Å². The van der Waals surface area contributed by atoms with Gasteiger partial charge in [-0.3, -0.25) is 4.79 Å². The van der Waals surface area contributed by atoms with Crippen LogP contribution in [0.4, 0.5) is 21.6 Å². The van der Waals surface area contributed by atoms with Crippen molar-refractivity contribution in [3.05, 3.63) is 46.5 Å². The molecule has 0 aliphatic carbocycles. The van der Waals surface area contributed by atoms with E-state index in [1.165, 1.54) is 19.5 Å². The number of amides is 1. The zero-order valence-corrected chi connectivity index (χ0v) is 22.5. The molecule has 1 aromatic heterocycles. The molecular formula is C25H29Cl2FN4O6. The van der Waals surface area contributed by atoms with Crippen molar-refractivity contribution in [2.75, 3.05) is 70.6 Å². The molecule has 2 aromatic carbocycles. The normalized spacial score (nSPS) is 11.1. The predicted molar refractivity (Wildman–Crippen MR) is 143 cm³/mol. The number of carbonyl (C=O) groups excluding carboxylic acids is 1. The highest BCUT2D eigenvalue weighted by atomic mass is 35.5. The Morgan fingerprint density at radius 1 is 0.921 bits per heavy atom. The first-order valence-electron chi connectivity index (χ1n) is 11.8. The van der Waals surface area contributed by atoms with E-state index in [1.807, 2.05) is 6.92 Å². The number of nitrogens with one attached hydrogen (secondary N) is 2. The van der Waals surface area contributed by atoms with Gasteiger partial charge in [0.15, 0.2) is 0 Å². The maximum absolute atomic E-state index is 14.5. The zero-order valence-electron chi connectivity index (χ0n) is 21.0. The second-order valence-corrected chi connectivity index (χ2v) is 8.52. The molecule has 0 aliphatic heterocycles. The van der Waals surface area contributed by atoms with Gasteiger partial charge in [-0.1, -0.05) is 23.2 Å². The lowest BCUT2D eigenvalue weighted by molar-refractivity contribution is -0.119. The Bertz CT molecular complexity index is 1220. The van der Waals surface area contributed by atoms with Crippen molar-refractivity contribution in [2.24, 2.45) is 0 Å². The standard InChI is InChI=1S/C25H29Cl2FN4O6/c1-3-35-4-5-36-6-7-37-8-9-38-23-13-20-16(10-22(23)31-24(33)14-34-2)25(30-15-29-20)32-21-12-18(27)17(26)11-19(21)28/h10-13,15H,3-9,14H2,1-2H3,(H,31,33)(H,29,30,32). The molecule has 3 rings (SSSR count).